The molecule has 2 heterocycles. The summed E-state index contributed by atoms with van der Waals surface area (Å²) in [4.78, 5) is 19.1. The molecule has 2 saturated heterocycles. The number of guanidine groups is 1. The number of hydrogen-bond donors (Lipinski definition) is 3. The first-order valence-electron chi connectivity index (χ1n) is 11.4. The minimum Gasteiger partial charge on any atom is -0.369 e. The fourth-order valence-corrected chi connectivity index (χ4v) is 4.21. The number of aliphatic imine (C=N–C) groups is 1. The van der Waals surface area contributed by atoms with Gasteiger partial charge in [-0.2, -0.15) is 0 Å². The molecular weight excluding hydrogens is 402 g/mol. The molecule has 1 amide bonds. The van der Waals surface area contributed by atoms with Crippen LogP contribution < -0.4 is 20.9 Å². The number of anilines is 2. The number of hydrogen-bond acceptors (Lipinski definition) is 4. The second-order valence-electron chi connectivity index (χ2n) is 8.53. The molecule has 32 heavy (non-hydrogen) atoms. The van der Waals surface area contributed by atoms with E-state index in [9.17, 15) is 4.79 Å². The lowest BCUT2D eigenvalue weighted by Crippen LogP contribution is -2.44. The van der Waals surface area contributed by atoms with E-state index in [4.69, 9.17) is 4.74 Å². The summed E-state index contributed by atoms with van der Waals surface area (Å²) in [6, 6.07) is 16.9. The van der Waals surface area contributed by atoms with Crippen molar-refractivity contribution in [3.63, 3.8) is 0 Å². The highest BCUT2D eigenvalue weighted by Gasteiger charge is 2.24. The molecule has 7 heteroatoms. The van der Waals surface area contributed by atoms with E-state index in [1.807, 2.05) is 24.3 Å². The van der Waals surface area contributed by atoms with Crippen LogP contribution in [0.5, 0.6) is 0 Å². The number of benzene rings is 2. The molecule has 4 rings (SSSR count). The first kappa shape index (κ1) is 22.1. The van der Waals surface area contributed by atoms with Crippen LogP contribution in [-0.2, 0) is 16.1 Å². The van der Waals surface area contributed by atoms with Crippen LogP contribution in [0.1, 0.15) is 30.4 Å². The summed E-state index contributed by atoms with van der Waals surface area (Å²) in [6.45, 7) is 5.38. The largest absolute Gasteiger partial charge is 0.369 e. The SMILES string of the molecule is CN=C(NCc1cccc(NC(=O)C2CCCO2)c1)NC1CCN(c2ccc(C)cc2)C1. The number of nitrogens with zero attached hydrogens (tertiary/aromatic N) is 2. The minimum atomic E-state index is -0.328. The van der Waals surface area contributed by atoms with Gasteiger partial charge < -0.3 is 25.6 Å². The predicted octanol–water partition coefficient (Wildman–Crippen LogP) is 3.06. The second-order valence-corrected chi connectivity index (χ2v) is 8.53. The first-order chi connectivity index (χ1) is 15.6. The zero-order chi connectivity index (χ0) is 22.3. The predicted molar refractivity (Wildman–Crippen MR) is 129 cm³/mol. The number of rotatable bonds is 6. The molecule has 2 aromatic rings. The van der Waals surface area contributed by atoms with Gasteiger partial charge in [0.05, 0.1) is 0 Å². The van der Waals surface area contributed by atoms with Gasteiger partial charge in [-0.15, -0.1) is 0 Å². The molecule has 0 saturated carbocycles. The van der Waals surface area contributed by atoms with Gasteiger partial charge in [0.15, 0.2) is 5.96 Å². The molecule has 2 aliphatic rings. The van der Waals surface area contributed by atoms with Crippen LogP contribution in [0.15, 0.2) is 53.5 Å². The van der Waals surface area contributed by atoms with E-state index in [1.165, 1.54) is 11.3 Å². The maximum Gasteiger partial charge on any atom is 0.253 e. The average molecular weight is 436 g/mol. The van der Waals surface area contributed by atoms with Gasteiger partial charge in [0.25, 0.3) is 5.91 Å². The van der Waals surface area contributed by atoms with E-state index >= 15 is 0 Å². The lowest BCUT2D eigenvalue weighted by Gasteiger charge is -2.20. The van der Waals surface area contributed by atoms with Crippen LogP contribution in [0, 0.1) is 6.92 Å². The molecule has 7 nitrogen and oxygen atoms in total. The van der Waals surface area contributed by atoms with Gasteiger partial charge in [-0.3, -0.25) is 9.79 Å². The standard InChI is InChI=1S/C25H33N5O2/c1-18-8-10-22(11-9-18)30-13-12-21(17-30)29-25(26-2)27-16-19-5-3-6-20(15-19)28-24(31)23-7-4-14-32-23/h3,5-6,8-11,15,21,23H,4,7,12-14,16-17H2,1-2H3,(H,28,31)(H2,26,27,29). The lowest BCUT2D eigenvalue weighted by molar-refractivity contribution is -0.124. The quantitative estimate of drug-likeness (QED) is 0.480. The van der Waals surface area contributed by atoms with Crippen molar-refractivity contribution in [3.8, 4) is 0 Å². The van der Waals surface area contributed by atoms with Gasteiger partial charge in [-0.05, 0) is 56.0 Å². The van der Waals surface area contributed by atoms with Crippen LogP contribution in [0.4, 0.5) is 11.4 Å². The van der Waals surface area contributed by atoms with Crippen molar-refractivity contribution in [2.75, 3.05) is 37.0 Å². The van der Waals surface area contributed by atoms with E-state index in [-0.39, 0.29) is 12.0 Å². The molecular formula is C25H33N5O2. The van der Waals surface area contributed by atoms with Crippen LogP contribution in [0.3, 0.4) is 0 Å². The topological polar surface area (TPSA) is 78.0 Å². The van der Waals surface area contributed by atoms with Gasteiger partial charge in [0.1, 0.15) is 6.10 Å². The third-order valence-corrected chi connectivity index (χ3v) is 6.03. The summed E-state index contributed by atoms with van der Waals surface area (Å²) in [7, 11) is 1.79. The molecule has 0 radical (unpaired) electrons. The Bertz CT molecular complexity index is 938. The molecule has 0 spiro atoms. The Labute approximate surface area is 190 Å². The molecule has 2 unspecified atom stereocenters. The summed E-state index contributed by atoms with van der Waals surface area (Å²) < 4.78 is 5.46. The zero-order valence-corrected chi connectivity index (χ0v) is 18.9. The highest BCUT2D eigenvalue weighted by Crippen LogP contribution is 2.21. The Kier molecular flexibility index (Phi) is 7.27. The normalized spacial score (nSPS) is 20.9. The van der Waals surface area contributed by atoms with E-state index < -0.39 is 0 Å². The molecule has 170 valence electrons. The molecule has 2 aliphatic heterocycles. The highest BCUT2D eigenvalue weighted by atomic mass is 16.5. The van der Waals surface area contributed by atoms with Crippen LogP contribution in [0.25, 0.3) is 0 Å². The second kappa shape index (κ2) is 10.5. The van der Waals surface area contributed by atoms with E-state index in [0.717, 1.165) is 49.6 Å². The Balaban J connectivity index is 1.26. The first-order valence-corrected chi connectivity index (χ1v) is 11.4. The Morgan fingerprint density at radius 3 is 2.78 bits per heavy atom. The van der Waals surface area contributed by atoms with Crippen LogP contribution in [-0.4, -0.2) is 50.8 Å². The smallest absolute Gasteiger partial charge is 0.253 e. The highest BCUT2D eigenvalue weighted by molar-refractivity contribution is 5.94. The third kappa shape index (κ3) is 5.79. The van der Waals surface area contributed by atoms with Gasteiger partial charge in [0, 0.05) is 50.7 Å². The van der Waals surface area contributed by atoms with Crippen molar-refractivity contribution in [1.29, 1.82) is 0 Å². The summed E-state index contributed by atoms with van der Waals surface area (Å²) in [5.74, 6) is 0.721. The van der Waals surface area contributed by atoms with Crippen molar-refractivity contribution in [2.45, 2.75) is 44.9 Å². The maximum absolute atomic E-state index is 12.3. The summed E-state index contributed by atoms with van der Waals surface area (Å²) in [5.41, 5.74) is 4.41. The summed E-state index contributed by atoms with van der Waals surface area (Å²) in [5, 5.41) is 9.90. The number of nitrogens with one attached hydrogen (secondary N) is 3. The van der Waals surface area contributed by atoms with Crippen LogP contribution in [0.2, 0.25) is 0 Å². The van der Waals surface area contributed by atoms with Crippen molar-refractivity contribution in [2.24, 2.45) is 4.99 Å². The van der Waals surface area contributed by atoms with Gasteiger partial charge in [-0.1, -0.05) is 29.8 Å². The van der Waals surface area contributed by atoms with E-state index in [1.54, 1.807) is 7.05 Å². The van der Waals surface area contributed by atoms with Gasteiger partial charge in [-0.25, -0.2) is 0 Å². The van der Waals surface area contributed by atoms with Gasteiger partial charge in [0.2, 0.25) is 0 Å². The Morgan fingerprint density at radius 2 is 2.03 bits per heavy atom. The number of amides is 1. The van der Waals surface area contributed by atoms with Crippen LogP contribution >= 0.6 is 0 Å². The number of ether oxygens (including phenoxy) is 1. The van der Waals surface area contributed by atoms with Crippen molar-refractivity contribution in [3.05, 3.63) is 59.7 Å². The van der Waals surface area contributed by atoms with E-state index in [2.05, 4.69) is 57.0 Å². The van der Waals surface area contributed by atoms with Crippen molar-refractivity contribution >= 4 is 23.2 Å². The third-order valence-electron chi connectivity index (χ3n) is 6.03. The zero-order valence-electron chi connectivity index (χ0n) is 18.9. The Hall–Kier alpha value is -3.06. The summed E-state index contributed by atoms with van der Waals surface area (Å²) >= 11 is 0. The minimum absolute atomic E-state index is 0.0653. The van der Waals surface area contributed by atoms with E-state index in [0.29, 0.717) is 19.2 Å². The number of aryl methyl sites for hydroxylation is 1. The fourth-order valence-electron chi connectivity index (χ4n) is 4.21. The Morgan fingerprint density at radius 1 is 1.19 bits per heavy atom. The maximum atomic E-state index is 12.3. The molecule has 2 aromatic carbocycles. The average Bonchev–Trinajstić information content (AvgIpc) is 3.50. The summed E-state index contributed by atoms with van der Waals surface area (Å²) in [6.07, 6.45) is 2.47. The molecule has 2 fully saturated rings. The molecule has 0 aliphatic carbocycles. The van der Waals surface area contributed by atoms with Crippen molar-refractivity contribution < 1.29 is 9.53 Å². The monoisotopic (exact) mass is 435 g/mol. The fraction of sp³-hybridized carbons (Fsp3) is 0.440. The number of carbonyl (C=O) groups is 1. The van der Waals surface area contributed by atoms with Gasteiger partial charge >= 0.3 is 0 Å². The molecule has 3 N–H and O–H groups in total. The molecule has 0 aromatic heterocycles. The lowest BCUT2D eigenvalue weighted by atomic mass is 10.2. The number of carbonyl (C=O) groups excluding carboxylic acids is 1. The molecule has 2 atom stereocenters. The molecule has 0 bridgehead atoms. The van der Waals surface area contributed by atoms with Crippen molar-refractivity contribution in [1.82, 2.24) is 10.6 Å².